The quantitative estimate of drug-likeness (QED) is 0.520. The zero-order valence-electron chi connectivity index (χ0n) is 11.4. The molecule has 2 amide bonds. The van der Waals surface area contributed by atoms with Gasteiger partial charge in [0.25, 0.3) is 5.91 Å². The topological polar surface area (TPSA) is 75.7 Å². The molecule has 0 radical (unpaired) electrons. The number of hydrogen-bond donors (Lipinski definition) is 1. The van der Waals surface area contributed by atoms with Gasteiger partial charge in [0.1, 0.15) is 6.04 Å². The Morgan fingerprint density at radius 1 is 1.29 bits per heavy atom. The molecule has 21 heavy (non-hydrogen) atoms. The van der Waals surface area contributed by atoms with Gasteiger partial charge in [-0.25, -0.2) is 4.79 Å². The third kappa shape index (κ3) is 3.52. The number of rotatable bonds is 3. The van der Waals surface area contributed by atoms with Crippen molar-refractivity contribution in [3.63, 3.8) is 0 Å². The first-order valence-electron chi connectivity index (χ1n) is 6.42. The van der Waals surface area contributed by atoms with Crippen LogP contribution in [0.1, 0.15) is 16.8 Å². The molecule has 2 atom stereocenters. The average Bonchev–Trinajstić information content (AvgIpc) is 2.91. The number of nitrogens with one attached hydrogen (secondary N) is 1. The van der Waals surface area contributed by atoms with Crippen LogP contribution in [-0.2, 0) is 9.53 Å². The van der Waals surface area contributed by atoms with Gasteiger partial charge in [0, 0.05) is 24.6 Å². The number of likely N-dealkylation sites (tertiary alicyclic amines) is 1. The van der Waals surface area contributed by atoms with Crippen LogP contribution in [0.3, 0.4) is 0 Å². The number of amides is 2. The summed E-state index contributed by atoms with van der Waals surface area (Å²) in [5, 5.41) is 2.06. The second-order valence-electron chi connectivity index (χ2n) is 4.72. The first kappa shape index (κ1) is 15.3. The molecule has 1 fully saturated rings. The van der Waals surface area contributed by atoms with E-state index in [0.717, 1.165) is 0 Å². The molecule has 0 aliphatic carbocycles. The summed E-state index contributed by atoms with van der Waals surface area (Å²) in [6.45, 7) is 0.181. The Bertz CT molecular complexity index is 549. The largest absolute Gasteiger partial charge is 0.467 e. The molecule has 1 aliphatic heterocycles. The number of carbonyl (C=O) groups is 3. The van der Waals surface area contributed by atoms with Gasteiger partial charge in [-0.15, -0.1) is 0 Å². The van der Waals surface area contributed by atoms with E-state index in [0.29, 0.717) is 5.56 Å². The van der Waals surface area contributed by atoms with Crippen LogP contribution in [0.5, 0.6) is 0 Å². The summed E-state index contributed by atoms with van der Waals surface area (Å²) in [5.74, 6) is -0.798. The molecular formula is C14H15ClN2O4. The van der Waals surface area contributed by atoms with Crippen molar-refractivity contribution in [3.8, 4) is 0 Å². The fourth-order valence-corrected chi connectivity index (χ4v) is 2.54. The van der Waals surface area contributed by atoms with E-state index in [1.54, 1.807) is 24.3 Å². The standard InChI is InChI=1S/C14H15ClN2O4/c1-21-13(19)11-7-10(8-17(11)14(15)20)16-12(18)9-5-3-2-4-6-9/h2-6,10-11H,7-8H2,1H3,(H,16,18). The number of methoxy groups -OCH3 is 1. The molecule has 1 aromatic rings. The summed E-state index contributed by atoms with van der Waals surface area (Å²) >= 11 is 5.47. The summed E-state index contributed by atoms with van der Waals surface area (Å²) in [4.78, 5) is 36.2. The van der Waals surface area contributed by atoms with Crippen LogP contribution in [0.2, 0.25) is 0 Å². The molecule has 1 aliphatic rings. The van der Waals surface area contributed by atoms with Crippen molar-refractivity contribution in [2.45, 2.75) is 18.5 Å². The third-order valence-electron chi connectivity index (χ3n) is 3.37. The molecule has 2 rings (SSSR count). The highest BCUT2D eigenvalue weighted by molar-refractivity contribution is 6.63. The van der Waals surface area contributed by atoms with Crippen molar-refractivity contribution < 1.29 is 19.1 Å². The van der Waals surface area contributed by atoms with Gasteiger partial charge in [0.15, 0.2) is 0 Å². The summed E-state index contributed by atoms with van der Waals surface area (Å²) in [6.07, 6.45) is 0.281. The van der Waals surface area contributed by atoms with Gasteiger partial charge in [-0.2, -0.15) is 0 Å². The second kappa shape index (κ2) is 6.58. The lowest BCUT2D eigenvalue weighted by Gasteiger charge is -2.18. The van der Waals surface area contributed by atoms with Gasteiger partial charge in [-0.1, -0.05) is 18.2 Å². The fourth-order valence-electron chi connectivity index (χ4n) is 2.35. The summed E-state index contributed by atoms with van der Waals surface area (Å²) in [5.41, 5.74) is 0.516. The van der Waals surface area contributed by atoms with Crippen molar-refractivity contribution in [1.29, 1.82) is 0 Å². The Labute approximate surface area is 127 Å². The number of benzene rings is 1. The third-order valence-corrected chi connectivity index (χ3v) is 3.59. The van der Waals surface area contributed by atoms with Crippen LogP contribution in [0.4, 0.5) is 4.79 Å². The number of esters is 1. The van der Waals surface area contributed by atoms with Crippen LogP contribution in [0, 0.1) is 0 Å². The van der Waals surface area contributed by atoms with Crippen molar-refractivity contribution in [1.82, 2.24) is 10.2 Å². The second-order valence-corrected chi connectivity index (χ2v) is 5.04. The Morgan fingerprint density at radius 3 is 2.52 bits per heavy atom. The van der Waals surface area contributed by atoms with Crippen molar-refractivity contribution in [2.24, 2.45) is 0 Å². The molecule has 0 spiro atoms. The van der Waals surface area contributed by atoms with E-state index in [2.05, 4.69) is 10.1 Å². The molecule has 0 aromatic heterocycles. The van der Waals surface area contributed by atoms with E-state index in [-0.39, 0.29) is 24.9 Å². The number of halogens is 1. The minimum absolute atomic E-state index is 0.181. The van der Waals surface area contributed by atoms with E-state index < -0.39 is 17.4 Å². The highest BCUT2D eigenvalue weighted by Crippen LogP contribution is 2.21. The maximum atomic E-state index is 12.1. The highest BCUT2D eigenvalue weighted by atomic mass is 35.5. The maximum absolute atomic E-state index is 12.1. The molecule has 1 heterocycles. The fraction of sp³-hybridized carbons (Fsp3) is 0.357. The van der Waals surface area contributed by atoms with E-state index in [9.17, 15) is 14.4 Å². The van der Waals surface area contributed by atoms with Crippen LogP contribution in [0.15, 0.2) is 30.3 Å². The Hall–Kier alpha value is -2.08. The van der Waals surface area contributed by atoms with E-state index in [4.69, 9.17) is 11.6 Å². The molecule has 0 bridgehead atoms. The maximum Gasteiger partial charge on any atom is 0.328 e. The summed E-state index contributed by atoms with van der Waals surface area (Å²) < 4.78 is 4.65. The van der Waals surface area contributed by atoms with Gasteiger partial charge in [-0.05, 0) is 23.7 Å². The first-order valence-corrected chi connectivity index (χ1v) is 6.80. The van der Waals surface area contributed by atoms with Crippen LogP contribution in [0.25, 0.3) is 0 Å². The van der Waals surface area contributed by atoms with Crippen LogP contribution >= 0.6 is 11.6 Å². The lowest BCUT2D eigenvalue weighted by Crippen LogP contribution is -2.39. The molecule has 1 N–H and O–H groups in total. The number of carbonyl (C=O) groups excluding carboxylic acids is 3. The summed E-state index contributed by atoms with van der Waals surface area (Å²) in [6, 6.07) is 7.60. The number of hydrogen-bond acceptors (Lipinski definition) is 4. The number of ether oxygens (including phenoxy) is 1. The van der Waals surface area contributed by atoms with Gasteiger partial charge >= 0.3 is 11.3 Å². The molecular weight excluding hydrogens is 296 g/mol. The van der Waals surface area contributed by atoms with Gasteiger partial charge in [-0.3, -0.25) is 9.59 Å². The molecule has 1 aromatic carbocycles. The van der Waals surface area contributed by atoms with Gasteiger partial charge < -0.3 is 15.0 Å². The Morgan fingerprint density at radius 2 is 1.95 bits per heavy atom. The number of nitrogens with zero attached hydrogens (tertiary/aromatic N) is 1. The smallest absolute Gasteiger partial charge is 0.328 e. The molecule has 2 unspecified atom stereocenters. The Balaban J connectivity index is 2.04. The van der Waals surface area contributed by atoms with E-state index in [1.165, 1.54) is 12.0 Å². The van der Waals surface area contributed by atoms with Crippen molar-refractivity contribution >= 4 is 28.8 Å². The van der Waals surface area contributed by atoms with Crippen molar-refractivity contribution in [2.75, 3.05) is 13.7 Å². The average molecular weight is 311 g/mol. The van der Waals surface area contributed by atoms with E-state index >= 15 is 0 Å². The highest BCUT2D eigenvalue weighted by Gasteiger charge is 2.40. The van der Waals surface area contributed by atoms with E-state index in [1.807, 2.05) is 6.07 Å². The lowest BCUT2D eigenvalue weighted by atomic mass is 10.1. The predicted octanol–water partition coefficient (Wildman–Crippen LogP) is 1.39. The molecule has 112 valence electrons. The van der Waals surface area contributed by atoms with Crippen LogP contribution in [-0.4, -0.2) is 47.9 Å². The normalized spacial score (nSPS) is 21.0. The minimum atomic E-state index is -0.763. The molecule has 6 nitrogen and oxygen atoms in total. The zero-order valence-corrected chi connectivity index (χ0v) is 12.2. The molecule has 0 saturated carbocycles. The zero-order chi connectivity index (χ0) is 15.4. The van der Waals surface area contributed by atoms with Gasteiger partial charge in [0.2, 0.25) is 0 Å². The van der Waals surface area contributed by atoms with Crippen LogP contribution < -0.4 is 5.32 Å². The monoisotopic (exact) mass is 310 g/mol. The lowest BCUT2D eigenvalue weighted by molar-refractivity contribution is -0.144. The predicted molar refractivity (Wildman–Crippen MR) is 76.1 cm³/mol. The molecule has 1 saturated heterocycles. The first-order chi connectivity index (χ1) is 10.0. The summed E-state index contributed by atoms with van der Waals surface area (Å²) in [7, 11) is 1.25. The SMILES string of the molecule is COC(=O)C1CC(NC(=O)c2ccccc2)CN1C(=O)Cl. The van der Waals surface area contributed by atoms with Gasteiger partial charge in [0.05, 0.1) is 7.11 Å². The molecule has 7 heteroatoms. The minimum Gasteiger partial charge on any atom is -0.467 e. The Kier molecular flexibility index (Phi) is 4.80. The van der Waals surface area contributed by atoms with Crippen molar-refractivity contribution in [3.05, 3.63) is 35.9 Å².